The molecule has 134 valence electrons. The van der Waals surface area contributed by atoms with Crippen molar-refractivity contribution < 1.29 is 22.4 Å². The molecular formula is C18H10Cl2F3NO2. The molecule has 0 unspecified atom stereocenters. The Labute approximate surface area is 156 Å². The average molecular weight is 400 g/mol. The van der Waals surface area contributed by atoms with E-state index in [2.05, 4.69) is 5.32 Å². The lowest BCUT2D eigenvalue weighted by Crippen LogP contribution is -2.11. The van der Waals surface area contributed by atoms with Gasteiger partial charge in [-0.2, -0.15) is 13.2 Å². The van der Waals surface area contributed by atoms with Crippen LogP contribution in [0.15, 0.2) is 59.0 Å². The molecule has 3 aromatic rings. The topological polar surface area (TPSA) is 42.2 Å². The minimum Gasteiger partial charge on any atom is -0.451 e. The van der Waals surface area contributed by atoms with Gasteiger partial charge >= 0.3 is 6.18 Å². The molecule has 0 atom stereocenters. The third-order valence-corrected chi connectivity index (χ3v) is 4.16. The summed E-state index contributed by atoms with van der Waals surface area (Å²) in [6, 6.07) is 12.2. The van der Waals surface area contributed by atoms with E-state index in [4.69, 9.17) is 27.6 Å². The molecule has 0 fully saturated rings. The molecule has 3 rings (SSSR count). The zero-order valence-electron chi connectivity index (χ0n) is 12.9. The van der Waals surface area contributed by atoms with Crippen LogP contribution in [-0.2, 0) is 6.18 Å². The molecule has 0 aliphatic rings. The van der Waals surface area contributed by atoms with E-state index in [1.54, 1.807) is 6.07 Å². The molecule has 1 aromatic heterocycles. The van der Waals surface area contributed by atoms with Crippen molar-refractivity contribution in [2.45, 2.75) is 6.18 Å². The van der Waals surface area contributed by atoms with Gasteiger partial charge in [-0.1, -0.05) is 47.5 Å². The lowest BCUT2D eigenvalue weighted by Gasteiger charge is -2.10. The van der Waals surface area contributed by atoms with Crippen molar-refractivity contribution in [3.63, 3.8) is 0 Å². The summed E-state index contributed by atoms with van der Waals surface area (Å²) < 4.78 is 44.7. The quantitative estimate of drug-likeness (QED) is 0.544. The number of anilines is 1. The minimum absolute atomic E-state index is 0.0756. The molecule has 1 N–H and O–H groups in total. The van der Waals surface area contributed by atoms with E-state index in [0.717, 1.165) is 6.07 Å². The molecule has 0 aliphatic heterocycles. The number of hydrogen-bond donors (Lipinski definition) is 1. The second-order valence-electron chi connectivity index (χ2n) is 5.26. The summed E-state index contributed by atoms with van der Waals surface area (Å²) in [6.45, 7) is 0. The molecule has 26 heavy (non-hydrogen) atoms. The van der Waals surface area contributed by atoms with Gasteiger partial charge in [0.2, 0.25) is 0 Å². The molecule has 2 aromatic carbocycles. The molecule has 8 heteroatoms. The first-order valence-corrected chi connectivity index (χ1v) is 8.05. The number of nitrogens with one attached hydrogen (secondary N) is 1. The summed E-state index contributed by atoms with van der Waals surface area (Å²) in [5, 5.41) is 2.93. The fourth-order valence-electron chi connectivity index (χ4n) is 2.34. The zero-order chi connectivity index (χ0) is 18.9. The Bertz CT molecular complexity index is 947. The Hall–Kier alpha value is -2.44. The molecule has 3 nitrogen and oxygen atoms in total. The number of hydrogen-bond acceptors (Lipinski definition) is 2. The predicted molar refractivity (Wildman–Crippen MR) is 93.6 cm³/mol. The van der Waals surface area contributed by atoms with E-state index in [0.29, 0.717) is 0 Å². The van der Waals surface area contributed by atoms with Crippen molar-refractivity contribution >= 4 is 34.8 Å². The highest BCUT2D eigenvalue weighted by Gasteiger charge is 2.34. The SMILES string of the molecule is O=C(Nc1c(Cl)cccc1Cl)c1ccc(-c2ccccc2C(F)(F)F)o1. The maximum absolute atomic E-state index is 13.1. The molecular weight excluding hydrogens is 390 g/mol. The van der Waals surface area contributed by atoms with Gasteiger partial charge in [-0.3, -0.25) is 4.79 Å². The van der Waals surface area contributed by atoms with Crippen molar-refractivity contribution in [2.75, 3.05) is 5.32 Å². The van der Waals surface area contributed by atoms with Gasteiger partial charge in [-0.25, -0.2) is 0 Å². The fraction of sp³-hybridized carbons (Fsp3) is 0.0556. The maximum Gasteiger partial charge on any atom is 0.417 e. The van der Waals surface area contributed by atoms with Gasteiger partial charge in [0, 0.05) is 5.56 Å². The van der Waals surface area contributed by atoms with Gasteiger partial charge in [0.05, 0.1) is 21.3 Å². The number of halogens is 5. The average Bonchev–Trinajstić information content (AvgIpc) is 3.07. The van der Waals surface area contributed by atoms with E-state index in [9.17, 15) is 18.0 Å². The van der Waals surface area contributed by atoms with Crippen LogP contribution in [0.4, 0.5) is 18.9 Å². The summed E-state index contributed by atoms with van der Waals surface area (Å²) in [5.41, 5.74) is -0.820. The number of benzene rings is 2. The van der Waals surface area contributed by atoms with Crippen LogP contribution >= 0.6 is 23.2 Å². The van der Waals surface area contributed by atoms with Gasteiger partial charge in [-0.15, -0.1) is 0 Å². The van der Waals surface area contributed by atoms with Gasteiger partial charge < -0.3 is 9.73 Å². The Morgan fingerprint density at radius 1 is 0.923 bits per heavy atom. The first kappa shape index (κ1) is 18.4. The third kappa shape index (κ3) is 3.71. The number of amides is 1. The molecule has 0 bridgehead atoms. The highest BCUT2D eigenvalue weighted by Crippen LogP contribution is 2.37. The highest BCUT2D eigenvalue weighted by atomic mass is 35.5. The molecule has 0 saturated carbocycles. The van der Waals surface area contributed by atoms with E-state index in [1.165, 1.54) is 42.5 Å². The van der Waals surface area contributed by atoms with Crippen molar-refractivity contribution in [1.29, 1.82) is 0 Å². The first-order valence-electron chi connectivity index (χ1n) is 7.29. The number of carbonyl (C=O) groups is 1. The monoisotopic (exact) mass is 399 g/mol. The van der Waals surface area contributed by atoms with Gasteiger partial charge in [0.25, 0.3) is 5.91 Å². The third-order valence-electron chi connectivity index (χ3n) is 3.53. The van der Waals surface area contributed by atoms with Gasteiger partial charge in [0.1, 0.15) is 5.76 Å². The van der Waals surface area contributed by atoms with Crippen molar-refractivity contribution in [3.05, 3.63) is 76.0 Å². The number of carbonyl (C=O) groups excluding carboxylic acids is 1. The second kappa shape index (κ2) is 7.05. The summed E-state index contributed by atoms with van der Waals surface area (Å²) >= 11 is 12.0. The molecule has 0 aliphatic carbocycles. The van der Waals surface area contributed by atoms with E-state index >= 15 is 0 Å². The van der Waals surface area contributed by atoms with E-state index in [1.807, 2.05) is 0 Å². The smallest absolute Gasteiger partial charge is 0.417 e. The Morgan fingerprint density at radius 2 is 1.58 bits per heavy atom. The van der Waals surface area contributed by atoms with Gasteiger partial charge in [0.15, 0.2) is 5.76 Å². The van der Waals surface area contributed by atoms with Crippen LogP contribution in [0.1, 0.15) is 16.1 Å². The summed E-state index contributed by atoms with van der Waals surface area (Å²) in [7, 11) is 0. The minimum atomic E-state index is -4.54. The van der Waals surface area contributed by atoms with Crippen LogP contribution in [0.5, 0.6) is 0 Å². The van der Waals surface area contributed by atoms with Crippen LogP contribution in [0, 0.1) is 0 Å². The highest BCUT2D eigenvalue weighted by molar-refractivity contribution is 6.39. The van der Waals surface area contributed by atoms with Crippen molar-refractivity contribution in [3.8, 4) is 11.3 Å². The molecule has 1 amide bonds. The first-order chi connectivity index (χ1) is 12.3. The van der Waals surface area contributed by atoms with Crippen LogP contribution in [0.3, 0.4) is 0 Å². The number of alkyl halides is 3. The van der Waals surface area contributed by atoms with Crippen LogP contribution in [-0.4, -0.2) is 5.91 Å². The van der Waals surface area contributed by atoms with Crippen molar-refractivity contribution in [2.24, 2.45) is 0 Å². The Morgan fingerprint density at radius 3 is 2.23 bits per heavy atom. The number of furan rings is 1. The lowest BCUT2D eigenvalue weighted by molar-refractivity contribution is -0.137. The molecule has 0 radical (unpaired) electrons. The van der Waals surface area contributed by atoms with E-state index < -0.39 is 17.6 Å². The largest absolute Gasteiger partial charge is 0.451 e. The Kier molecular flexibility index (Phi) is 4.98. The van der Waals surface area contributed by atoms with Crippen LogP contribution in [0.25, 0.3) is 11.3 Å². The fourth-order valence-corrected chi connectivity index (χ4v) is 2.83. The molecule has 0 spiro atoms. The summed E-state index contributed by atoms with van der Waals surface area (Å²) in [5.74, 6) is -0.933. The predicted octanol–water partition coefficient (Wildman–Crippen LogP) is 6.52. The summed E-state index contributed by atoms with van der Waals surface area (Å²) in [6.07, 6.45) is -4.54. The lowest BCUT2D eigenvalue weighted by atomic mass is 10.1. The normalized spacial score (nSPS) is 11.4. The number of para-hydroxylation sites is 1. The molecule has 0 saturated heterocycles. The maximum atomic E-state index is 13.1. The zero-order valence-corrected chi connectivity index (χ0v) is 14.4. The Balaban J connectivity index is 1.91. The van der Waals surface area contributed by atoms with Gasteiger partial charge in [-0.05, 0) is 30.3 Å². The second-order valence-corrected chi connectivity index (χ2v) is 6.07. The summed E-state index contributed by atoms with van der Waals surface area (Å²) in [4.78, 5) is 12.3. The van der Waals surface area contributed by atoms with Crippen LogP contribution in [0.2, 0.25) is 10.0 Å². The van der Waals surface area contributed by atoms with Crippen LogP contribution < -0.4 is 5.32 Å². The number of rotatable bonds is 3. The standard InChI is InChI=1S/C18H10Cl2F3NO2/c19-12-6-3-7-13(20)16(12)24-17(25)15-9-8-14(26-15)10-4-1-2-5-11(10)18(21,22)23/h1-9H,(H,24,25). The molecule has 1 heterocycles. The van der Waals surface area contributed by atoms with Crippen molar-refractivity contribution in [1.82, 2.24) is 0 Å². The van der Waals surface area contributed by atoms with E-state index in [-0.39, 0.29) is 32.8 Å².